The van der Waals surface area contributed by atoms with Gasteiger partial charge in [0.2, 0.25) is 0 Å². The summed E-state index contributed by atoms with van der Waals surface area (Å²) >= 11 is 0. The van der Waals surface area contributed by atoms with E-state index in [-0.39, 0.29) is 18.5 Å². The summed E-state index contributed by atoms with van der Waals surface area (Å²) in [7, 11) is 0. The average molecular weight is 479 g/mol. The minimum Gasteiger partial charge on any atom is -0.462 e. The lowest BCUT2D eigenvalue weighted by molar-refractivity contribution is -0.140. The minimum absolute atomic E-state index is 0.00430. The zero-order valence-corrected chi connectivity index (χ0v) is 20.7. The van der Waals surface area contributed by atoms with E-state index >= 15 is 0 Å². The largest absolute Gasteiger partial charge is 0.462 e. The van der Waals surface area contributed by atoms with E-state index in [2.05, 4.69) is 6.92 Å². The highest BCUT2D eigenvalue weighted by Gasteiger charge is 2.27. The Hall–Kier alpha value is -3.28. The van der Waals surface area contributed by atoms with Crippen molar-refractivity contribution in [3.63, 3.8) is 0 Å². The number of nitrogen functional groups attached to an aromatic ring is 2. The number of rotatable bonds is 11. The SMILES string of the molecule is CCCCCC1CCC(C(=O)Oc2ccc(/C=C/C(=O)OCCc3ccc(N)cc3N)cc2)CC1. The summed E-state index contributed by atoms with van der Waals surface area (Å²) in [6.07, 6.45) is 12.8. The Morgan fingerprint density at radius 3 is 2.43 bits per heavy atom. The topological polar surface area (TPSA) is 105 Å². The van der Waals surface area contributed by atoms with Gasteiger partial charge in [-0.2, -0.15) is 0 Å². The Morgan fingerprint density at radius 2 is 1.74 bits per heavy atom. The van der Waals surface area contributed by atoms with E-state index in [1.807, 2.05) is 18.2 Å². The van der Waals surface area contributed by atoms with Gasteiger partial charge >= 0.3 is 11.9 Å². The monoisotopic (exact) mass is 478 g/mol. The summed E-state index contributed by atoms with van der Waals surface area (Å²) in [6.45, 7) is 2.46. The van der Waals surface area contributed by atoms with E-state index in [1.54, 1.807) is 30.3 Å². The second-order valence-corrected chi connectivity index (χ2v) is 9.41. The molecule has 3 rings (SSSR count). The third kappa shape index (κ3) is 8.78. The maximum absolute atomic E-state index is 12.6. The van der Waals surface area contributed by atoms with E-state index in [0.717, 1.165) is 42.7 Å². The number of hydrogen-bond donors (Lipinski definition) is 2. The first-order valence-electron chi connectivity index (χ1n) is 12.7. The number of unbranched alkanes of at least 4 members (excludes halogenated alkanes) is 2. The summed E-state index contributed by atoms with van der Waals surface area (Å²) in [5.41, 5.74) is 14.5. The molecule has 0 heterocycles. The lowest BCUT2D eigenvalue weighted by Gasteiger charge is -2.27. The first-order valence-corrected chi connectivity index (χ1v) is 12.7. The van der Waals surface area contributed by atoms with Gasteiger partial charge in [0.15, 0.2) is 0 Å². The van der Waals surface area contributed by atoms with Crippen molar-refractivity contribution in [2.45, 2.75) is 64.7 Å². The molecular weight excluding hydrogens is 440 g/mol. The molecule has 1 saturated carbocycles. The summed E-state index contributed by atoms with van der Waals surface area (Å²) in [5.74, 6) is 0.723. The van der Waals surface area contributed by atoms with Gasteiger partial charge in [0, 0.05) is 23.9 Å². The highest BCUT2D eigenvalue weighted by atomic mass is 16.5. The predicted octanol–water partition coefficient (Wildman–Crippen LogP) is 5.94. The van der Waals surface area contributed by atoms with Gasteiger partial charge in [-0.05, 0) is 73.1 Å². The van der Waals surface area contributed by atoms with Gasteiger partial charge in [-0.1, -0.05) is 50.8 Å². The highest BCUT2D eigenvalue weighted by molar-refractivity contribution is 5.87. The zero-order valence-electron chi connectivity index (χ0n) is 20.7. The molecule has 6 nitrogen and oxygen atoms in total. The minimum atomic E-state index is -0.431. The molecule has 0 amide bonds. The Balaban J connectivity index is 1.38. The number of carbonyl (C=O) groups excluding carboxylic acids is 2. The van der Waals surface area contributed by atoms with Crippen LogP contribution in [-0.2, 0) is 20.7 Å². The van der Waals surface area contributed by atoms with Crippen LogP contribution in [0.2, 0.25) is 0 Å². The Kier molecular flexibility index (Phi) is 10.2. The molecule has 0 atom stereocenters. The van der Waals surface area contributed by atoms with Crippen molar-refractivity contribution in [1.29, 1.82) is 0 Å². The molecule has 0 unspecified atom stereocenters. The molecule has 0 spiro atoms. The van der Waals surface area contributed by atoms with Crippen molar-refractivity contribution >= 4 is 29.4 Å². The lowest BCUT2D eigenvalue weighted by atomic mass is 9.80. The van der Waals surface area contributed by atoms with E-state index in [0.29, 0.717) is 23.5 Å². The second-order valence-electron chi connectivity index (χ2n) is 9.41. The molecule has 4 N–H and O–H groups in total. The van der Waals surface area contributed by atoms with Crippen LogP contribution in [0, 0.1) is 11.8 Å². The van der Waals surface area contributed by atoms with Gasteiger partial charge in [0.25, 0.3) is 0 Å². The molecule has 6 heteroatoms. The van der Waals surface area contributed by atoms with E-state index in [4.69, 9.17) is 20.9 Å². The van der Waals surface area contributed by atoms with Crippen molar-refractivity contribution in [3.05, 3.63) is 59.7 Å². The first-order chi connectivity index (χ1) is 16.9. The number of benzene rings is 2. The molecule has 0 aromatic heterocycles. The van der Waals surface area contributed by atoms with E-state index < -0.39 is 5.97 Å². The van der Waals surface area contributed by atoms with Crippen LogP contribution in [0.1, 0.15) is 69.4 Å². The highest BCUT2D eigenvalue weighted by Crippen LogP contribution is 2.33. The van der Waals surface area contributed by atoms with Crippen molar-refractivity contribution in [1.82, 2.24) is 0 Å². The maximum atomic E-state index is 12.6. The molecule has 2 aromatic carbocycles. The molecule has 1 aliphatic rings. The Bertz CT molecular complexity index is 992. The van der Waals surface area contributed by atoms with Crippen LogP contribution >= 0.6 is 0 Å². The van der Waals surface area contributed by atoms with Crippen molar-refractivity contribution < 1.29 is 19.1 Å². The normalized spacial score (nSPS) is 17.9. The molecule has 0 saturated heterocycles. The number of esters is 2. The van der Waals surface area contributed by atoms with Crippen LogP contribution in [-0.4, -0.2) is 18.5 Å². The summed E-state index contributed by atoms with van der Waals surface area (Å²) in [5, 5.41) is 0. The fraction of sp³-hybridized carbons (Fsp3) is 0.448. The molecule has 35 heavy (non-hydrogen) atoms. The van der Waals surface area contributed by atoms with Crippen molar-refractivity contribution in [3.8, 4) is 5.75 Å². The van der Waals surface area contributed by atoms with Crippen LogP contribution < -0.4 is 16.2 Å². The molecule has 0 bridgehead atoms. The quantitative estimate of drug-likeness (QED) is 0.136. The number of anilines is 2. The Morgan fingerprint density at radius 1 is 1.00 bits per heavy atom. The standard InChI is InChI=1S/C29H38N2O4/c1-2-3-4-5-21-6-11-24(12-7-21)29(33)35-26-15-8-22(9-16-26)10-17-28(32)34-19-18-23-13-14-25(30)20-27(23)31/h8-10,13-17,20-21,24H,2-7,11-12,18-19,30-31H2,1H3/b17-10+. The fourth-order valence-corrected chi connectivity index (χ4v) is 4.53. The van der Waals surface area contributed by atoms with Crippen LogP contribution in [0.25, 0.3) is 6.08 Å². The van der Waals surface area contributed by atoms with E-state index in [1.165, 1.54) is 31.8 Å². The fourth-order valence-electron chi connectivity index (χ4n) is 4.53. The lowest BCUT2D eigenvalue weighted by Crippen LogP contribution is -2.25. The van der Waals surface area contributed by atoms with Gasteiger partial charge in [-0.15, -0.1) is 0 Å². The van der Waals surface area contributed by atoms with Crippen molar-refractivity contribution in [2.75, 3.05) is 18.1 Å². The third-order valence-corrected chi connectivity index (χ3v) is 6.69. The zero-order chi connectivity index (χ0) is 25.0. The summed E-state index contributed by atoms with van der Waals surface area (Å²) in [4.78, 5) is 24.6. The van der Waals surface area contributed by atoms with Crippen LogP contribution in [0.5, 0.6) is 5.75 Å². The van der Waals surface area contributed by atoms with Gasteiger partial charge in [0.05, 0.1) is 12.5 Å². The Labute approximate surface area is 208 Å². The van der Waals surface area contributed by atoms with Crippen LogP contribution in [0.3, 0.4) is 0 Å². The average Bonchev–Trinajstić information content (AvgIpc) is 2.85. The van der Waals surface area contributed by atoms with Gasteiger partial charge in [0.1, 0.15) is 5.75 Å². The van der Waals surface area contributed by atoms with Crippen molar-refractivity contribution in [2.24, 2.45) is 11.8 Å². The number of nitrogens with two attached hydrogens (primary N) is 2. The number of hydrogen-bond acceptors (Lipinski definition) is 6. The van der Waals surface area contributed by atoms with Crippen LogP contribution in [0.4, 0.5) is 11.4 Å². The van der Waals surface area contributed by atoms with Gasteiger partial charge < -0.3 is 20.9 Å². The summed E-state index contributed by atoms with van der Waals surface area (Å²) in [6, 6.07) is 12.4. The first kappa shape index (κ1) is 26.3. The number of ether oxygens (including phenoxy) is 2. The maximum Gasteiger partial charge on any atom is 0.330 e. The van der Waals surface area contributed by atoms with E-state index in [9.17, 15) is 9.59 Å². The predicted molar refractivity (Wildman–Crippen MR) is 141 cm³/mol. The molecule has 2 aromatic rings. The molecular formula is C29H38N2O4. The summed E-state index contributed by atoms with van der Waals surface area (Å²) < 4.78 is 10.9. The third-order valence-electron chi connectivity index (χ3n) is 6.69. The smallest absolute Gasteiger partial charge is 0.330 e. The van der Waals surface area contributed by atoms with Gasteiger partial charge in [-0.25, -0.2) is 4.79 Å². The molecule has 1 aliphatic carbocycles. The molecule has 1 fully saturated rings. The number of carbonyl (C=O) groups is 2. The van der Waals surface area contributed by atoms with Crippen LogP contribution in [0.15, 0.2) is 48.5 Å². The molecule has 0 radical (unpaired) electrons. The molecule has 0 aliphatic heterocycles. The van der Waals surface area contributed by atoms with Gasteiger partial charge in [-0.3, -0.25) is 4.79 Å². The second kappa shape index (κ2) is 13.6. The molecule has 188 valence electrons.